The zero-order chi connectivity index (χ0) is 15.4. The SMILES string of the molecule is O=C1[C@H]([C@H](O)c2ccccc2)OCCN1Cc1ccccc1. The van der Waals surface area contributed by atoms with Crippen molar-refractivity contribution >= 4 is 5.91 Å². The Labute approximate surface area is 130 Å². The molecule has 0 aromatic heterocycles. The third-order valence-corrected chi connectivity index (χ3v) is 3.86. The van der Waals surface area contributed by atoms with Crippen LogP contribution in [0.15, 0.2) is 60.7 Å². The zero-order valence-electron chi connectivity index (χ0n) is 12.3. The molecule has 1 aliphatic heterocycles. The third-order valence-electron chi connectivity index (χ3n) is 3.86. The Balaban J connectivity index is 1.72. The first-order chi connectivity index (χ1) is 10.8. The molecule has 22 heavy (non-hydrogen) atoms. The van der Waals surface area contributed by atoms with Gasteiger partial charge >= 0.3 is 0 Å². The van der Waals surface area contributed by atoms with Crippen molar-refractivity contribution in [2.75, 3.05) is 13.2 Å². The van der Waals surface area contributed by atoms with Gasteiger partial charge in [0.1, 0.15) is 6.10 Å². The lowest BCUT2D eigenvalue weighted by atomic mass is 10.0. The van der Waals surface area contributed by atoms with E-state index in [0.717, 1.165) is 5.56 Å². The minimum Gasteiger partial charge on any atom is -0.385 e. The van der Waals surface area contributed by atoms with Crippen molar-refractivity contribution in [3.63, 3.8) is 0 Å². The lowest BCUT2D eigenvalue weighted by molar-refractivity contribution is -0.164. The van der Waals surface area contributed by atoms with Crippen LogP contribution in [-0.2, 0) is 16.1 Å². The smallest absolute Gasteiger partial charge is 0.255 e. The summed E-state index contributed by atoms with van der Waals surface area (Å²) in [6.45, 7) is 1.53. The fourth-order valence-electron chi connectivity index (χ4n) is 2.66. The van der Waals surface area contributed by atoms with Gasteiger partial charge in [0, 0.05) is 13.1 Å². The van der Waals surface area contributed by atoms with Gasteiger partial charge in [0.05, 0.1) is 6.61 Å². The Morgan fingerprint density at radius 2 is 1.73 bits per heavy atom. The molecule has 1 heterocycles. The summed E-state index contributed by atoms with van der Waals surface area (Å²) in [4.78, 5) is 14.3. The number of aliphatic hydroxyl groups is 1. The number of morpholine rings is 1. The first-order valence-corrected chi connectivity index (χ1v) is 7.43. The number of rotatable bonds is 4. The molecule has 2 aromatic rings. The first-order valence-electron chi connectivity index (χ1n) is 7.43. The molecule has 1 N–H and O–H groups in total. The van der Waals surface area contributed by atoms with Gasteiger partial charge in [-0.25, -0.2) is 0 Å². The van der Waals surface area contributed by atoms with Crippen LogP contribution in [0.4, 0.5) is 0 Å². The zero-order valence-corrected chi connectivity index (χ0v) is 12.3. The van der Waals surface area contributed by atoms with Gasteiger partial charge in [0.25, 0.3) is 5.91 Å². The maximum atomic E-state index is 12.6. The van der Waals surface area contributed by atoms with Crippen LogP contribution in [-0.4, -0.2) is 35.2 Å². The van der Waals surface area contributed by atoms with Crippen LogP contribution >= 0.6 is 0 Å². The Hall–Kier alpha value is -2.17. The van der Waals surface area contributed by atoms with E-state index in [1.165, 1.54) is 0 Å². The number of benzene rings is 2. The fraction of sp³-hybridized carbons (Fsp3) is 0.278. The van der Waals surface area contributed by atoms with E-state index < -0.39 is 12.2 Å². The van der Waals surface area contributed by atoms with Crippen LogP contribution in [0.1, 0.15) is 17.2 Å². The van der Waals surface area contributed by atoms with E-state index in [9.17, 15) is 9.90 Å². The van der Waals surface area contributed by atoms with E-state index in [1.807, 2.05) is 48.5 Å². The molecule has 1 fully saturated rings. The summed E-state index contributed by atoms with van der Waals surface area (Å²) < 4.78 is 5.53. The first kappa shape index (κ1) is 14.8. The highest BCUT2D eigenvalue weighted by Crippen LogP contribution is 2.24. The Kier molecular flexibility index (Phi) is 4.51. The molecule has 0 unspecified atom stereocenters. The summed E-state index contributed by atoms with van der Waals surface area (Å²) in [7, 11) is 0. The maximum Gasteiger partial charge on any atom is 0.255 e. The molecule has 1 saturated heterocycles. The lowest BCUT2D eigenvalue weighted by Gasteiger charge is -2.34. The molecule has 0 saturated carbocycles. The minimum absolute atomic E-state index is 0.161. The highest BCUT2D eigenvalue weighted by Gasteiger charge is 2.35. The molecule has 1 aliphatic rings. The predicted octanol–water partition coefficient (Wildman–Crippen LogP) is 2.15. The van der Waals surface area contributed by atoms with Crippen molar-refractivity contribution in [2.24, 2.45) is 0 Å². The number of carbonyl (C=O) groups excluding carboxylic acids is 1. The maximum absolute atomic E-state index is 12.6. The van der Waals surface area contributed by atoms with E-state index in [-0.39, 0.29) is 5.91 Å². The second kappa shape index (κ2) is 6.73. The van der Waals surface area contributed by atoms with E-state index in [4.69, 9.17) is 4.74 Å². The minimum atomic E-state index is -0.938. The number of nitrogens with zero attached hydrogens (tertiary/aromatic N) is 1. The molecule has 4 heteroatoms. The second-order valence-electron chi connectivity index (χ2n) is 5.39. The van der Waals surface area contributed by atoms with Crippen LogP contribution in [0, 0.1) is 0 Å². The van der Waals surface area contributed by atoms with Gasteiger partial charge in [-0.3, -0.25) is 4.79 Å². The molecule has 0 radical (unpaired) electrons. The molecule has 4 nitrogen and oxygen atoms in total. The molecule has 2 aromatic carbocycles. The van der Waals surface area contributed by atoms with Crippen LogP contribution in [0.5, 0.6) is 0 Å². The van der Waals surface area contributed by atoms with E-state index in [0.29, 0.717) is 25.3 Å². The normalized spacial score (nSPS) is 20.0. The number of ether oxygens (including phenoxy) is 1. The fourth-order valence-corrected chi connectivity index (χ4v) is 2.66. The second-order valence-corrected chi connectivity index (χ2v) is 5.39. The number of amides is 1. The quantitative estimate of drug-likeness (QED) is 0.940. The lowest BCUT2D eigenvalue weighted by Crippen LogP contribution is -2.49. The molecule has 114 valence electrons. The van der Waals surface area contributed by atoms with Crippen molar-refractivity contribution < 1.29 is 14.6 Å². The van der Waals surface area contributed by atoms with Crippen LogP contribution in [0.2, 0.25) is 0 Å². The van der Waals surface area contributed by atoms with E-state index in [1.54, 1.807) is 17.0 Å². The van der Waals surface area contributed by atoms with Crippen LogP contribution in [0.25, 0.3) is 0 Å². The van der Waals surface area contributed by atoms with Gasteiger partial charge in [-0.05, 0) is 11.1 Å². The molecular formula is C18H19NO3. The number of hydrogen-bond donors (Lipinski definition) is 1. The molecule has 0 bridgehead atoms. The molecule has 3 rings (SSSR count). The van der Waals surface area contributed by atoms with Gasteiger partial charge in [0.2, 0.25) is 0 Å². The molecule has 2 atom stereocenters. The van der Waals surface area contributed by atoms with E-state index >= 15 is 0 Å². The molecular weight excluding hydrogens is 278 g/mol. The summed E-state index contributed by atoms with van der Waals surface area (Å²) in [5, 5.41) is 10.4. The standard InChI is InChI=1S/C18H19NO3/c20-16(15-9-5-2-6-10-15)17-18(21)19(11-12-22-17)13-14-7-3-1-4-8-14/h1-10,16-17,20H,11-13H2/t16-,17+/m1/s1. The van der Waals surface area contributed by atoms with Gasteiger partial charge in [-0.1, -0.05) is 60.7 Å². The summed E-state index contributed by atoms with van der Waals surface area (Å²) >= 11 is 0. The average molecular weight is 297 g/mol. The van der Waals surface area contributed by atoms with Crippen molar-refractivity contribution in [2.45, 2.75) is 18.8 Å². The highest BCUT2D eigenvalue weighted by molar-refractivity contribution is 5.82. The van der Waals surface area contributed by atoms with Crippen molar-refractivity contribution in [3.05, 3.63) is 71.8 Å². The number of carbonyl (C=O) groups is 1. The van der Waals surface area contributed by atoms with Gasteiger partial charge in [-0.2, -0.15) is 0 Å². The Bertz CT molecular complexity index is 615. The highest BCUT2D eigenvalue weighted by atomic mass is 16.5. The topological polar surface area (TPSA) is 49.8 Å². The number of hydrogen-bond acceptors (Lipinski definition) is 3. The predicted molar refractivity (Wildman–Crippen MR) is 83.0 cm³/mol. The third kappa shape index (κ3) is 3.18. The van der Waals surface area contributed by atoms with Crippen molar-refractivity contribution in [3.8, 4) is 0 Å². The largest absolute Gasteiger partial charge is 0.385 e. The van der Waals surface area contributed by atoms with Gasteiger partial charge < -0.3 is 14.7 Å². The molecule has 0 aliphatic carbocycles. The van der Waals surface area contributed by atoms with Crippen molar-refractivity contribution in [1.82, 2.24) is 4.90 Å². The summed E-state index contributed by atoms with van der Waals surface area (Å²) in [6, 6.07) is 19.0. The van der Waals surface area contributed by atoms with Gasteiger partial charge in [-0.15, -0.1) is 0 Å². The summed E-state index contributed by atoms with van der Waals surface area (Å²) in [6.07, 6.45) is -1.77. The van der Waals surface area contributed by atoms with Crippen LogP contribution < -0.4 is 0 Å². The average Bonchev–Trinajstić information content (AvgIpc) is 2.58. The van der Waals surface area contributed by atoms with Crippen molar-refractivity contribution in [1.29, 1.82) is 0 Å². The summed E-state index contributed by atoms with van der Waals surface area (Å²) in [5.41, 5.74) is 1.77. The Morgan fingerprint density at radius 3 is 2.41 bits per heavy atom. The van der Waals surface area contributed by atoms with Crippen LogP contribution in [0.3, 0.4) is 0 Å². The summed E-state index contributed by atoms with van der Waals surface area (Å²) in [5.74, 6) is -0.161. The monoisotopic (exact) mass is 297 g/mol. The van der Waals surface area contributed by atoms with E-state index in [2.05, 4.69) is 0 Å². The van der Waals surface area contributed by atoms with Gasteiger partial charge in [0.15, 0.2) is 6.10 Å². The molecule has 0 spiro atoms. The Morgan fingerprint density at radius 1 is 1.09 bits per heavy atom. The number of aliphatic hydroxyl groups excluding tert-OH is 1. The molecule has 1 amide bonds.